The molecule has 644 valence electrons. The van der Waals surface area contributed by atoms with Crippen LogP contribution in [0.1, 0.15) is 209 Å². The minimum Gasteiger partial charge on any atom is -0.394 e. The van der Waals surface area contributed by atoms with Gasteiger partial charge in [-0.15, -0.1) is 23.5 Å². The first-order valence-corrected chi connectivity index (χ1v) is 47.4. The Morgan fingerprint density at radius 1 is 0.461 bits per heavy atom. The minimum atomic E-state index is -0.714. The third-order valence-corrected chi connectivity index (χ3v) is 31.9. The zero-order valence-electron chi connectivity index (χ0n) is 72.1. The molecule has 4 aromatic carbocycles. The maximum absolute atomic E-state index is 12.8. The lowest BCUT2D eigenvalue weighted by atomic mass is 9.86. The van der Waals surface area contributed by atoms with Gasteiger partial charge in [0.1, 0.15) is 18.3 Å². The summed E-state index contributed by atoms with van der Waals surface area (Å²) >= 11 is 12.0. The molecular formula is C91H138N2O16S6. The topological polar surface area (TPSA) is 258 Å². The lowest BCUT2D eigenvalue weighted by Gasteiger charge is -2.33. The predicted molar refractivity (Wildman–Crippen MR) is 480 cm³/mol. The normalized spacial score (nSPS) is 30.0. The fourth-order valence-corrected chi connectivity index (χ4v) is 25.8. The van der Waals surface area contributed by atoms with E-state index in [1.54, 1.807) is 15.4 Å². The van der Waals surface area contributed by atoms with Gasteiger partial charge in [0, 0.05) is 82.4 Å². The molecule has 10 aliphatic heterocycles. The molecule has 24 heteroatoms. The van der Waals surface area contributed by atoms with E-state index in [0.29, 0.717) is 83.7 Å². The summed E-state index contributed by atoms with van der Waals surface area (Å²) in [6.07, 6.45) is 0.779. The number of ether oxygens (including phenoxy) is 6. The molecule has 0 aromatic heterocycles. The summed E-state index contributed by atoms with van der Waals surface area (Å²) in [4.78, 5) is 30.8. The number of morpholine rings is 1. The van der Waals surface area contributed by atoms with Gasteiger partial charge >= 0.3 is 0 Å². The van der Waals surface area contributed by atoms with Gasteiger partial charge in [-0.3, -0.25) is 14.5 Å². The van der Waals surface area contributed by atoms with Gasteiger partial charge in [-0.25, -0.2) is 0 Å². The summed E-state index contributed by atoms with van der Waals surface area (Å²) in [5.41, 5.74) is 8.15. The van der Waals surface area contributed by atoms with E-state index in [9.17, 15) is 35.1 Å². The highest BCUT2D eigenvalue weighted by atomic mass is 32.3. The van der Waals surface area contributed by atoms with Crippen LogP contribution in [0, 0.1) is 59.2 Å². The molecule has 18 nitrogen and oxygen atoms in total. The fourth-order valence-electron chi connectivity index (χ4n) is 17.1. The van der Waals surface area contributed by atoms with E-state index in [0.717, 1.165) is 55.2 Å². The molecule has 15 rings (SSSR count). The Kier molecular flexibility index (Phi) is 38.8. The molecule has 0 saturated carbocycles. The number of carbonyl (C=O) groups is 2. The lowest BCUT2D eigenvalue weighted by molar-refractivity contribution is -0.0171. The second-order valence-electron chi connectivity index (χ2n) is 34.8. The summed E-state index contributed by atoms with van der Waals surface area (Å²) < 4.78 is 38.8. The molecular weight excluding hydrogens is 1570 g/mol. The largest absolute Gasteiger partial charge is 0.394 e. The number of thioether (sulfide) groups is 6. The number of aliphatic hydroxyl groups excluding tert-OH is 8. The highest BCUT2D eigenvalue weighted by Crippen LogP contribution is 2.64. The van der Waals surface area contributed by atoms with E-state index >= 15 is 0 Å². The van der Waals surface area contributed by atoms with Crippen LogP contribution in [0.15, 0.2) is 106 Å². The van der Waals surface area contributed by atoms with E-state index in [1.807, 2.05) is 149 Å². The SMILES string of the molecule is CC(C)C1=CSC(=C2SC3=C(SCCS3)S2)S1.CC(C)C1C[C@H](C)O[C@@H]1CO.CC(C)C1[C@@H](CO)O[C@@H](C)[C@H]1O.CC(C)C1c2ccccc2-c2ccccc21.CC(C)C[C@H]1O[C@@H](C)CC1O.CC(C)C[C@H]1O[C@@H](C)[C@@H](O)C1O.CC(C)N1C(=O)c2cccc3c(N4CCOCC4)ccc(c23)C1=O.CC(C)[C@H]1C(O)[C@@H](CO)O[C@H]1C. The Morgan fingerprint density at radius 2 is 0.965 bits per heavy atom. The van der Waals surface area contributed by atoms with Crippen molar-refractivity contribution >= 4 is 98.8 Å². The van der Waals surface area contributed by atoms with Crippen LogP contribution in [-0.4, -0.2) is 213 Å². The maximum atomic E-state index is 12.8. The van der Waals surface area contributed by atoms with Crippen LogP contribution in [0.2, 0.25) is 0 Å². The van der Waals surface area contributed by atoms with Crippen LogP contribution in [0.4, 0.5) is 5.69 Å². The minimum absolute atomic E-state index is 0.00421. The van der Waals surface area contributed by atoms with Gasteiger partial charge in [0.25, 0.3) is 11.8 Å². The Bertz CT molecular complexity index is 3740. The van der Waals surface area contributed by atoms with Gasteiger partial charge in [0.05, 0.1) is 123 Å². The molecule has 6 saturated heterocycles. The lowest BCUT2D eigenvalue weighted by Crippen LogP contribution is -2.44. The van der Waals surface area contributed by atoms with Crippen LogP contribution in [0.5, 0.6) is 0 Å². The van der Waals surface area contributed by atoms with Crippen LogP contribution in [-0.2, 0) is 28.4 Å². The van der Waals surface area contributed by atoms with Crippen LogP contribution >= 0.6 is 70.6 Å². The maximum Gasteiger partial charge on any atom is 0.261 e. The van der Waals surface area contributed by atoms with Crippen LogP contribution in [0.3, 0.4) is 0 Å². The second kappa shape index (κ2) is 45.8. The number of benzene rings is 4. The summed E-state index contributed by atoms with van der Waals surface area (Å²) in [5.74, 6) is 7.28. The Morgan fingerprint density at radius 3 is 1.41 bits per heavy atom. The number of hydrogen-bond donors (Lipinski definition) is 8. The summed E-state index contributed by atoms with van der Waals surface area (Å²) in [6, 6.07) is 27.0. The van der Waals surface area contributed by atoms with Gasteiger partial charge in [-0.05, 0) is 166 Å². The Balaban J connectivity index is 0.000000167. The summed E-state index contributed by atoms with van der Waals surface area (Å²) in [5, 5.41) is 78.7. The number of carbonyl (C=O) groups excluding carboxylic acids is 2. The second-order valence-corrected chi connectivity index (χ2v) is 42.1. The number of allylic oxidation sites excluding steroid dienone is 1. The number of imide groups is 1. The monoisotopic (exact) mass is 1710 g/mol. The van der Waals surface area contributed by atoms with Gasteiger partial charge in [-0.1, -0.05) is 205 Å². The molecule has 11 aliphatic rings. The van der Waals surface area contributed by atoms with Crippen molar-refractivity contribution in [2.45, 2.75) is 275 Å². The van der Waals surface area contributed by atoms with Crippen molar-refractivity contribution in [3.63, 3.8) is 0 Å². The Hall–Kier alpha value is -3.16. The third kappa shape index (κ3) is 25.3. The van der Waals surface area contributed by atoms with Crippen molar-refractivity contribution in [3.05, 3.63) is 128 Å². The highest BCUT2D eigenvalue weighted by molar-refractivity contribution is 8.43. The van der Waals surface area contributed by atoms with Gasteiger partial charge in [-0.2, -0.15) is 0 Å². The van der Waals surface area contributed by atoms with Crippen LogP contribution in [0.25, 0.3) is 21.9 Å². The predicted octanol–water partition coefficient (Wildman–Crippen LogP) is 17.7. The quantitative estimate of drug-likeness (QED) is 0.0546. The molecule has 4 aromatic rings. The first-order valence-electron chi connectivity index (χ1n) is 42.1. The molecule has 6 fully saturated rings. The summed E-state index contributed by atoms with van der Waals surface area (Å²) in [7, 11) is 0. The number of aliphatic hydroxyl groups is 8. The van der Waals surface area contributed by atoms with Crippen molar-refractivity contribution in [2.75, 3.05) is 62.5 Å². The zero-order valence-corrected chi connectivity index (χ0v) is 77.0. The third-order valence-electron chi connectivity index (χ3n) is 22.9. The molecule has 2 amide bonds. The van der Waals surface area contributed by atoms with E-state index in [-0.39, 0.29) is 111 Å². The number of hydrogen-bond acceptors (Lipinski definition) is 23. The molecule has 0 spiro atoms. The molecule has 1 aliphatic carbocycles. The molecule has 18 atom stereocenters. The zero-order chi connectivity index (χ0) is 84.6. The average Bonchev–Trinajstić information content (AvgIpc) is 1.32. The average molecular weight is 1710 g/mol. The Labute approximate surface area is 713 Å². The molecule has 0 bridgehead atoms. The molecule has 0 radical (unpaired) electrons. The fraction of sp³-hybridized carbons (Fsp3) is 0.670. The number of nitrogens with zero attached hydrogens (tertiary/aromatic N) is 2. The number of anilines is 1. The first kappa shape index (κ1) is 97.3. The van der Waals surface area contributed by atoms with E-state index < -0.39 is 24.4 Å². The van der Waals surface area contributed by atoms with E-state index in [1.165, 1.54) is 52.0 Å². The number of fused-ring (bicyclic) bond motifs is 3. The van der Waals surface area contributed by atoms with E-state index in [4.69, 9.17) is 43.7 Å². The van der Waals surface area contributed by atoms with Gasteiger partial charge in [0.15, 0.2) is 0 Å². The van der Waals surface area contributed by atoms with Crippen molar-refractivity contribution in [2.24, 2.45) is 59.2 Å². The van der Waals surface area contributed by atoms with Crippen molar-refractivity contribution < 1.29 is 78.9 Å². The summed E-state index contributed by atoms with van der Waals surface area (Å²) in [6.45, 7) is 46.7. The van der Waals surface area contributed by atoms with Crippen molar-refractivity contribution in [1.29, 1.82) is 0 Å². The van der Waals surface area contributed by atoms with Crippen LogP contribution < -0.4 is 4.90 Å². The molecule has 115 heavy (non-hydrogen) atoms. The van der Waals surface area contributed by atoms with Crippen molar-refractivity contribution in [1.82, 2.24) is 4.90 Å². The highest BCUT2D eigenvalue weighted by Gasteiger charge is 2.45. The molecule has 5 unspecified atom stereocenters. The van der Waals surface area contributed by atoms with Gasteiger partial charge < -0.3 is 74.2 Å². The smallest absolute Gasteiger partial charge is 0.261 e. The van der Waals surface area contributed by atoms with E-state index in [2.05, 4.69) is 149 Å². The van der Waals surface area contributed by atoms with Crippen molar-refractivity contribution in [3.8, 4) is 11.1 Å². The molecule has 8 N–H and O–H groups in total. The molecule has 10 heterocycles. The van der Waals surface area contributed by atoms with Gasteiger partial charge in [0.2, 0.25) is 0 Å². The first-order chi connectivity index (χ1) is 54.5. The number of amides is 2. The standard InChI is InChI=1S/C19H20N2O3.C16H16.C11H12S6.3C9H18O3.2C9H18O2/c1-12(2)21-18(22)14-5-3-4-13-16(20-8-10-24-11-9-20)7-6-15(17(13)14)19(21)23;1-11(2)16-14-9-5-3-7-12(14)13-8-4-6-10-15(13)16;1-6(2)7-5-14-10(15-7)11-16-8-9(17-11)13-4-3-12-8;1-5(2)8-7(4-10)12-6(3)9(8)11;1-5(2)8-6(3)12-7(4-10)9(8)11;1-5(2)4-7-9(11)8(10)6(3)12-7;1-6(2)8-4-7(3)11-9(8)5-10;1-6(2)4-9-8(10)5-7(3)11-9/h3-7,12H,8-11H2,1-2H3;3-11,16H,1-2H3;5-6H,3-4H2,1-2H3;3*5-11H,4H2,1-3H3;2*6-10H,4-5H2,1-3H3/t;;;6-,7+,8?,9+;2*6-,7+,8+,9?;2*7-,8?,9+/m...00000/s1. The number of rotatable bonds is 14.